The molecule has 1 aliphatic rings. The maximum atomic E-state index is 12.7. The Kier molecular flexibility index (Phi) is 4.40. The molecule has 148 valence electrons. The number of carbonyl (C=O) groups excluding carboxylic acids is 2. The first-order chi connectivity index (χ1) is 14.7. The first kappa shape index (κ1) is 17.9. The van der Waals surface area contributed by atoms with E-state index in [-0.39, 0.29) is 11.9 Å². The van der Waals surface area contributed by atoms with Gasteiger partial charge in [0.1, 0.15) is 6.33 Å². The second-order valence-electron chi connectivity index (χ2n) is 7.04. The van der Waals surface area contributed by atoms with Crippen LogP contribution in [0.5, 0.6) is 0 Å². The number of nitrogens with zero attached hydrogens (tertiary/aromatic N) is 3. The summed E-state index contributed by atoms with van der Waals surface area (Å²) in [7, 11) is 0. The fourth-order valence-corrected chi connectivity index (χ4v) is 3.61. The Bertz CT molecular complexity index is 1250. The van der Waals surface area contributed by atoms with Crippen LogP contribution in [-0.4, -0.2) is 34.6 Å². The molecule has 0 unspecified atom stereocenters. The predicted molar refractivity (Wildman–Crippen MR) is 116 cm³/mol. The summed E-state index contributed by atoms with van der Waals surface area (Å²) in [5.41, 5.74) is 4.81. The number of benzene rings is 3. The minimum absolute atomic E-state index is 0.124. The number of nitrogens with one attached hydrogen (secondary N) is 2. The van der Waals surface area contributed by atoms with E-state index in [0.717, 1.165) is 22.4 Å². The summed E-state index contributed by atoms with van der Waals surface area (Å²) in [5, 5.41) is 5.68. The van der Waals surface area contributed by atoms with E-state index in [2.05, 4.69) is 15.6 Å². The number of rotatable bonds is 4. The Morgan fingerprint density at radius 3 is 2.60 bits per heavy atom. The number of fused-ring (bicyclic) bond motifs is 1. The lowest BCUT2D eigenvalue weighted by molar-refractivity contribution is 0.102. The lowest BCUT2D eigenvalue weighted by Crippen LogP contribution is -2.27. The Balaban J connectivity index is 1.34. The van der Waals surface area contributed by atoms with Crippen molar-refractivity contribution in [3.05, 3.63) is 84.7 Å². The van der Waals surface area contributed by atoms with Crippen LogP contribution in [0.4, 0.5) is 16.2 Å². The molecule has 3 amide bonds. The summed E-state index contributed by atoms with van der Waals surface area (Å²) in [6, 6.07) is 22.4. The fraction of sp³-hybridized carbons (Fsp3) is 0.0870. The van der Waals surface area contributed by atoms with E-state index in [1.54, 1.807) is 35.5 Å². The van der Waals surface area contributed by atoms with Crippen molar-refractivity contribution in [2.45, 2.75) is 0 Å². The number of anilines is 2. The lowest BCUT2D eigenvalue weighted by Gasteiger charge is -2.15. The predicted octanol–water partition coefficient (Wildman–Crippen LogP) is 3.81. The van der Waals surface area contributed by atoms with Gasteiger partial charge in [-0.1, -0.05) is 18.2 Å². The molecule has 0 bridgehead atoms. The van der Waals surface area contributed by atoms with Crippen LogP contribution in [0, 0.1) is 0 Å². The molecule has 5 rings (SSSR count). The van der Waals surface area contributed by atoms with E-state index in [1.165, 1.54) is 0 Å². The quantitative estimate of drug-likeness (QED) is 0.550. The third-order valence-electron chi connectivity index (χ3n) is 5.13. The van der Waals surface area contributed by atoms with Gasteiger partial charge in [0.2, 0.25) is 0 Å². The van der Waals surface area contributed by atoms with Crippen molar-refractivity contribution in [1.29, 1.82) is 0 Å². The van der Waals surface area contributed by atoms with Crippen molar-refractivity contribution in [1.82, 2.24) is 14.9 Å². The van der Waals surface area contributed by atoms with Crippen molar-refractivity contribution in [3.8, 4) is 5.69 Å². The average molecular weight is 397 g/mol. The molecule has 0 spiro atoms. The van der Waals surface area contributed by atoms with Crippen molar-refractivity contribution >= 4 is 34.3 Å². The molecule has 7 nitrogen and oxygen atoms in total. The highest BCUT2D eigenvalue weighted by Gasteiger charge is 2.21. The molecule has 30 heavy (non-hydrogen) atoms. The number of imidazole rings is 1. The number of aromatic nitrogens is 2. The normalized spacial score (nSPS) is 13.5. The number of hydrogen-bond acceptors (Lipinski definition) is 3. The van der Waals surface area contributed by atoms with Gasteiger partial charge in [-0.25, -0.2) is 9.78 Å². The maximum Gasteiger partial charge on any atom is 0.321 e. The highest BCUT2D eigenvalue weighted by atomic mass is 16.2. The molecular formula is C23H19N5O2. The van der Waals surface area contributed by atoms with Gasteiger partial charge in [0, 0.05) is 35.7 Å². The topological polar surface area (TPSA) is 79.3 Å². The van der Waals surface area contributed by atoms with Crippen molar-refractivity contribution in [3.63, 3.8) is 0 Å². The van der Waals surface area contributed by atoms with Crippen molar-refractivity contribution in [2.75, 3.05) is 23.3 Å². The summed E-state index contributed by atoms with van der Waals surface area (Å²) >= 11 is 0. The zero-order valence-electron chi connectivity index (χ0n) is 16.1. The minimum Gasteiger partial charge on any atom is -0.336 e. The van der Waals surface area contributed by atoms with Gasteiger partial charge < -0.3 is 10.6 Å². The van der Waals surface area contributed by atoms with E-state index >= 15 is 0 Å². The highest BCUT2D eigenvalue weighted by molar-refractivity contribution is 6.05. The Morgan fingerprint density at radius 2 is 1.80 bits per heavy atom. The Labute approximate surface area is 173 Å². The monoisotopic (exact) mass is 397 g/mol. The van der Waals surface area contributed by atoms with Gasteiger partial charge in [0.15, 0.2) is 0 Å². The Morgan fingerprint density at radius 1 is 0.967 bits per heavy atom. The van der Waals surface area contributed by atoms with Crippen LogP contribution < -0.4 is 15.5 Å². The zero-order valence-corrected chi connectivity index (χ0v) is 16.1. The zero-order chi connectivity index (χ0) is 20.5. The summed E-state index contributed by atoms with van der Waals surface area (Å²) in [4.78, 5) is 30.6. The van der Waals surface area contributed by atoms with Gasteiger partial charge in [-0.15, -0.1) is 0 Å². The molecular weight excluding hydrogens is 378 g/mol. The van der Waals surface area contributed by atoms with Crippen LogP contribution in [0.3, 0.4) is 0 Å². The summed E-state index contributed by atoms with van der Waals surface area (Å²) < 4.78 is 1.99. The maximum absolute atomic E-state index is 12.7. The van der Waals surface area contributed by atoms with Gasteiger partial charge >= 0.3 is 6.03 Å². The number of urea groups is 1. The van der Waals surface area contributed by atoms with Crippen LogP contribution in [0.2, 0.25) is 0 Å². The molecule has 3 aromatic carbocycles. The molecule has 2 heterocycles. The van der Waals surface area contributed by atoms with Crippen molar-refractivity contribution in [2.24, 2.45) is 0 Å². The lowest BCUT2D eigenvalue weighted by atomic mass is 10.1. The highest BCUT2D eigenvalue weighted by Crippen LogP contribution is 2.22. The summed E-state index contributed by atoms with van der Waals surface area (Å²) in [5.74, 6) is -0.208. The molecule has 0 atom stereocenters. The number of amides is 3. The smallest absolute Gasteiger partial charge is 0.321 e. The van der Waals surface area contributed by atoms with Gasteiger partial charge in [-0.2, -0.15) is 0 Å². The van der Waals surface area contributed by atoms with Crippen molar-refractivity contribution < 1.29 is 9.59 Å². The average Bonchev–Trinajstić information content (AvgIpc) is 3.40. The molecule has 2 N–H and O–H groups in total. The molecule has 1 aliphatic heterocycles. The number of para-hydroxylation sites is 2. The van der Waals surface area contributed by atoms with E-state index in [4.69, 9.17) is 0 Å². The number of carbonyl (C=O) groups is 2. The van der Waals surface area contributed by atoms with E-state index < -0.39 is 0 Å². The number of hydrogen-bond donors (Lipinski definition) is 2. The van der Waals surface area contributed by atoms with E-state index in [1.807, 2.05) is 53.1 Å². The summed E-state index contributed by atoms with van der Waals surface area (Å²) in [6.45, 7) is 1.23. The third-order valence-corrected chi connectivity index (χ3v) is 5.13. The largest absolute Gasteiger partial charge is 0.336 e. The molecule has 4 aromatic rings. The van der Waals surface area contributed by atoms with Crippen LogP contribution in [0.1, 0.15) is 10.4 Å². The fourth-order valence-electron chi connectivity index (χ4n) is 3.61. The van der Waals surface area contributed by atoms with Gasteiger partial charge in [0.05, 0.1) is 11.0 Å². The van der Waals surface area contributed by atoms with Crippen LogP contribution in [0.15, 0.2) is 79.1 Å². The standard InChI is InChI=1S/C23H19N5O2/c29-22(26-17-4-3-5-19(14-17)27-13-12-24-23(27)30)16-8-10-18(11-9-16)28-15-25-20-6-1-2-7-21(20)28/h1-11,14-15H,12-13H2,(H,24,30)(H,26,29). The minimum atomic E-state index is -0.208. The molecule has 0 radical (unpaired) electrons. The van der Waals surface area contributed by atoms with Crippen LogP contribution >= 0.6 is 0 Å². The second-order valence-corrected chi connectivity index (χ2v) is 7.04. The Hall–Kier alpha value is -4.13. The molecule has 0 saturated carbocycles. The van der Waals surface area contributed by atoms with E-state index in [9.17, 15) is 9.59 Å². The van der Waals surface area contributed by atoms with Gasteiger partial charge in [-0.3, -0.25) is 14.3 Å². The van der Waals surface area contributed by atoms with Gasteiger partial charge in [0.25, 0.3) is 5.91 Å². The second kappa shape index (κ2) is 7.36. The first-order valence-electron chi connectivity index (χ1n) is 9.68. The molecule has 1 saturated heterocycles. The van der Waals surface area contributed by atoms with Gasteiger partial charge in [-0.05, 0) is 54.6 Å². The molecule has 7 heteroatoms. The molecule has 1 fully saturated rings. The van der Waals surface area contributed by atoms with E-state index in [0.29, 0.717) is 24.3 Å². The summed E-state index contributed by atoms with van der Waals surface area (Å²) in [6.07, 6.45) is 1.78. The molecule has 0 aliphatic carbocycles. The SMILES string of the molecule is O=C(Nc1cccc(N2CCNC2=O)c1)c1ccc(-n2cnc3ccccc32)cc1. The molecule has 1 aromatic heterocycles. The third kappa shape index (κ3) is 3.26. The van der Waals surface area contributed by atoms with Crippen LogP contribution in [0.25, 0.3) is 16.7 Å². The van der Waals surface area contributed by atoms with Crippen LogP contribution in [-0.2, 0) is 0 Å². The first-order valence-corrected chi connectivity index (χ1v) is 9.68.